The summed E-state index contributed by atoms with van der Waals surface area (Å²) in [6.45, 7) is 2.06. The van der Waals surface area contributed by atoms with Crippen LogP contribution >= 0.6 is 11.8 Å². The monoisotopic (exact) mass is 296 g/mol. The summed E-state index contributed by atoms with van der Waals surface area (Å²) < 4.78 is 5.21. The topological polar surface area (TPSA) is 78.5 Å². The molecular weight excluding hydrogens is 284 g/mol. The molecule has 3 aromatic rings. The molecule has 0 aliphatic carbocycles. The second-order valence-electron chi connectivity index (χ2n) is 4.53. The molecule has 1 N–H and O–H groups in total. The molecule has 0 unspecified atom stereocenters. The third-order valence-electron chi connectivity index (χ3n) is 2.91. The standard InChI is InChI=1S/C15H12N4OS/c1-10-2-4-13(5-3-10)21-9-14-18-15(20-19-14)11-6-12(7-16)17-8-11/h2-6,8,17H,9H2,1H3. The first kappa shape index (κ1) is 13.5. The van der Waals surface area contributed by atoms with Gasteiger partial charge in [-0.1, -0.05) is 22.9 Å². The van der Waals surface area contributed by atoms with Crippen molar-refractivity contribution in [2.45, 2.75) is 17.6 Å². The van der Waals surface area contributed by atoms with Crippen molar-refractivity contribution in [1.29, 1.82) is 5.26 Å². The highest BCUT2D eigenvalue weighted by atomic mass is 32.2. The molecule has 3 rings (SSSR count). The van der Waals surface area contributed by atoms with Gasteiger partial charge in [-0.2, -0.15) is 10.2 Å². The average molecular weight is 296 g/mol. The Morgan fingerprint density at radius 1 is 1.33 bits per heavy atom. The maximum absolute atomic E-state index is 8.78. The highest BCUT2D eigenvalue weighted by Crippen LogP contribution is 2.24. The normalized spacial score (nSPS) is 10.5. The fourth-order valence-corrected chi connectivity index (χ4v) is 2.54. The lowest BCUT2D eigenvalue weighted by Crippen LogP contribution is -1.84. The zero-order chi connectivity index (χ0) is 14.7. The smallest absolute Gasteiger partial charge is 0.259 e. The molecule has 0 amide bonds. The number of aromatic amines is 1. The lowest BCUT2D eigenvalue weighted by atomic mass is 10.2. The summed E-state index contributed by atoms with van der Waals surface area (Å²) >= 11 is 1.66. The molecule has 0 saturated carbocycles. The van der Waals surface area contributed by atoms with Crippen molar-refractivity contribution in [3.8, 4) is 17.5 Å². The number of nitriles is 1. The van der Waals surface area contributed by atoms with Crippen molar-refractivity contribution in [3.63, 3.8) is 0 Å². The Bertz CT molecular complexity index is 783. The lowest BCUT2D eigenvalue weighted by Gasteiger charge is -1.98. The first-order valence-electron chi connectivity index (χ1n) is 6.35. The highest BCUT2D eigenvalue weighted by molar-refractivity contribution is 7.98. The second-order valence-corrected chi connectivity index (χ2v) is 5.58. The number of aryl methyl sites for hydroxylation is 1. The van der Waals surface area contributed by atoms with Gasteiger partial charge in [0.1, 0.15) is 11.8 Å². The number of hydrogen-bond acceptors (Lipinski definition) is 5. The predicted octanol–water partition coefficient (Wildman–Crippen LogP) is 3.54. The predicted molar refractivity (Wildman–Crippen MR) is 79.5 cm³/mol. The Morgan fingerprint density at radius 2 is 2.14 bits per heavy atom. The number of nitrogens with one attached hydrogen (secondary N) is 1. The van der Waals surface area contributed by atoms with Gasteiger partial charge in [0.25, 0.3) is 5.89 Å². The molecule has 6 heteroatoms. The molecule has 104 valence electrons. The Hall–Kier alpha value is -2.52. The van der Waals surface area contributed by atoms with Crippen molar-refractivity contribution in [3.05, 3.63) is 53.6 Å². The van der Waals surface area contributed by atoms with Crippen LogP contribution in [0.5, 0.6) is 0 Å². The number of H-pyrrole nitrogens is 1. The van der Waals surface area contributed by atoms with Crippen molar-refractivity contribution in [2.75, 3.05) is 0 Å². The van der Waals surface area contributed by atoms with Gasteiger partial charge in [0, 0.05) is 11.1 Å². The molecule has 0 saturated heterocycles. The van der Waals surface area contributed by atoms with Gasteiger partial charge in [-0.05, 0) is 25.1 Å². The first-order chi connectivity index (χ1) is 10.2. The van der Waals surface area contributed by atoms with Crippen LogP contribution < -0.4 is 0 Å². The summed E-state index contributed by atoms with van der Waals surface area (Å²) in [7, 11) is 0. The zero-order valence-corrected chi connectivity index (χ0v) is 12.1. The number of thioether (sulfide) groups is 1. The molecule has 0 aliphatic rings. The average Bonchev–Trinajstić information content (AvgIpc) is 3.15. The van der Waals surface area contributed by atoms with E-state index in [1.54, 1.807) is 24.0 Å². The summed E-state index contributed by atoms with van der Waals surface area (Å²) in [6, 6.07) is 12.0. The molecule has 2 heterocycles. The summed E-state index contributed by atoms with van der Waals surface area (Å²) in [5.41, 5.74) is 2.44. The zero-order valence-electron chi connectivity index (χ0n) is 11.3. The van der Waals surface area contributed by atoms with Gasteiger partial charge in [-0.25, -0.2) is 0 Å². The minimum Gasteiger partial charge on any atom is -0.352 e. The van der Waals surface area contributed by atoms with Crippen LogP contribution in [0.1, 0.15) is 17.1 Å². The van der Waals surface area contributed by atoms with Gasteiger partial charge >= 0.3 is 0 Å². The van der Waals surface area contributed by atoms with E-state index in [1.807, 2.05) is 6.07 Å². The van der Waals surface area contributed by atoms with Crippen molar-refractivity contribution >= 4 is 11.8 Å². The molecule has 0 bridgehead atoms. The van der Waals surface area contributed by atoms with E-state index in [2.05, 4.69) is 46.3 Å². The van der Waals surface area contributed by atoms with E-state index in [0.717, 1.165) is 5.56 Å². The van der Waals surface area contributed by atoms with E-state index >= 15 is 0 Å². The summed E-state index contributed by atoms with van der Waals surface area (Å²) in [5.74, 6) is 1.70. The van der Waals surface area contributed by atoms with Crippen LogP contribution in [0.25, 0.3) is 11.5 Å². The number of hydrogen-bond donors (Lipinski definition) is 1. The van der Waals surface area contributed by atoms with Gasteiger partial charge in [-0.15, -0.1) is 11.8 Å². The minimum absolute atomic E-state index is 0.423. The van der Waals surface area contributed by atoms with E-state index in [-0.39, 0.29) is 0 Å². The number of rotatable bonds is 4. The maximum Gasteiger partial charge on any atom is 0.259 e. The van der Waals surface area contributed by atoms with Gasteiger partial charge in [-0.3, -0.25) is 0 Å². The van der Waals surface area contributed by atoms with Crippen LogP contribution in [0.15, 0.2) is 45.9 Å². The van der Waals surface area contributed by atoms with Crippen LogP contribution in [0.2, 0.25) is 0 Å². The quantitative estimate of drug-likeness (QED) is 0.745. The number of aromatic nitrogens is 3. The maximum atomic E-state index is 8.78. The largest absolute Gasteiger partial charge is 0.352 e. The van der Waals surface area contributed by atoms with E-state index in [9.17, 15) is 0 Å². The Labute approximate surface area is 126 Å². The first-order valence-corrected chi connectivity index (χ1v) is 7.34. The summed E-state index contributed by atoms with van der Waals surface area (Å²) in [5, 5.41) is 12.7. The SMILES string of the molecule is Cc1ccc(SCc2noc(-c3c[nH]c(C#N)c3)n2)cc1. The molecular formula is C15H12N4OS. The fourth-order valence-electron chi connectivity index (χ4n) is 1.79. The fraction of sp³-hybridized carbons (Fsp3) is 0.133. The molecule has 0 aliphatic heterocycles. The Balaban J connectivity index is 1.68. The van der Waals surface area contributed by atoms with E-state index in [1.165, 1.54) is 10.5 Å². The molecule has 2 aromatic heterocycles. The molecule has 0 fully saturated rings. The molecule has 1 aromatic carbocycles. The minimum atomic E-state index is 0.423. The molecule has 0 atom stereocenters. The number of nitrogens with zero attached hydrogens (tertiary/aromatic N) is 3. The van der Waals surface area contributed by atoms with Crippen LogP contribution in [-0.2, 0) is 5.75 Å². The van der Waals surface area contributed by atoms with Crippen molar-refractivity contribution in [1.82, 2.24) is 15.1 Å². The van der Waals surface area contributed by atoms with E-state index < -0.39 is 0 Å². The number of benzene rings is 1. The van der Waals surface area contributed by atoms with Crippen LogP contribution in [-0.4, -0.2) is 15.1 Å². The van der Waals surface area contributed by atoms with Crippen LogP contribution in [0.3, 0.4) is 0 Å². The summed E-state index contributed by atoms with van der Waals surface area (Å²) in [4.78, 5) is 8.33. The molecule has 5 nitrogen and oxygen atoms in total. The Morgan fingerprint density at radius 3 is 2.86 bits per heavy atom. The summed E-state index contributed by atoms with van der Waals surface area (Å²) in [6.07, 6.45) is 1.68. The Kier molecular flexibility index (Phi) is 3.75. The molecule has 21 heavy (non-hydrogen) atoms. The molecule has 0 radical (unpaired) electrons. The van der Waals surface area contributed by atoms with Crippen LogP contribution in [0, 0.1) is 18.3 Å². The third kappa shape index (κ3) is 3.15. The van der Waals surface area contributed by atoms with Crippen molar-refractivity contribution in [2.24, 2.45) is 0 Å². The third-order valence-corrected chi connectivity index (χ3v) is 3.92. The molecule has 0 spiro atoms. The van der Waals surface area contributed by atoms with E-state index in [0.29, 0.717) is 23.2 Å². The van der Waals surface area contributed by atoms with E-state index in [4.69, 9.17) is 9.78 Å². The van der Waals surface area contributed by atoms with Gasteiger partial charge in [0.2, 0.25) is 0 Å². The van der Waals surface area contributed by atoms with Gasteiger partial charge in [0.15, 0.2) is 5.82 Å². The lowest BCUT2D eigenvalue weighted by molar-refractivity contribution is 0.425. The van der Waals surface area contributed by atoms with Crippen molar-refractivity contribution < 1.29 is 4.52 Å². The van der Waals surface area contributed by atoms with Crippen LogP contribution in [0.4, 0.5) is 0 Å². The highest BCUT2D eigenvalue weighted by Gasteiger charge is 2.11. The van der Waals surface area contributed by atoms with Gasteiger partial charge in [0.05, 0.1) is 11.3 Å². The van der Waals surface area contributed by atoms with Gasteiger partial charge < -0.3 is 9.51 Å². The second kappa shape index (κ2) is 5.85.